The molecule has 0 fully saturated rings. The minimum absolute atomic E-state index is 0.274. The molecule has 0 atom stereocenters. The van der Waals surface area contributed by atoms with Gasteiger partial charge in [0.2, 0.25) is 0 Å². The van der Waals surface area contributed by atoms with Gasteiger partial charge in [-0.05, 0) is 55.0 Å². The molecule has 0 heterocycles. The molecule has 0 aliphatic heterocycles. The lowest BCUT2D eigenvalue weighted by Crippen LogP contribution is -2.14. The number of unbranched alkanes of at least 4 members (excludes halogenated alkanes) is 5. The van der Waals surface area contributed by atoms with Crippen LogP contribution in [0.4, 0.5) is 0 Å². The van der Waals surface area contributed by atoms with Gasteiger partial charge >= 0.3 is 5.97 Å². The van der Waals surface area contributed by atoms with E-state index < -0.39 is 5.97 Å². The van der Waals surface area contributed by atoms with Crippen molar-refractivity contribution in [2.75, 3.05) is 13.2 Å². The second-order valence-electron chi connectivity index (χ2n) is 6.65. The number of carbonyl (C=O) groups excluding carboxylic acids is 2. The van der Waals surface area contributed by atoms with Gasteiger partial charge in [-0.2, -0.15) is 0 Å². The van der Waals surface area contributed by atoms with Gasteiger partial charge in [-0.25, -0.2) is 4.79 Å². The number of esters is 1. The first-order chi connectivity index (χ1) is 13.6. The fourth-order valence-corrected chi connectivity index (χ4v) is 2.82. The van der Waals surface area contributed by atoms with Crippen molar-refractivity contribution < 1.29 is 19.1 Å². The molecule has 0 N–H and O–H groups in total. The zero-order chi connectivity index (χ0) is 20.2. The summed E-state index contributed by atoms with van der Waals surface area (Å²) in [5.41, 5.74) is 0.839. The van der Waals surface area contributed by atoms with Crippen LogP contribution in [0.1, 0.15) is 66.2 Å². The molecule has 0 saturated heterocycles. The third-order valence-electron chi connectivity index (χ3n) is 4.36. The van der Waals surface area contributed by atoms with Gasteiger partial charge in [-0.15, -0.1) is 0 Å². The highest BCUT2D eigenvalue weighted by atomic mass is 35.5. The number of ketones is 1. The zero-order valence-electron chi connectivity index (χ0n) is 16.3. The van der Waals surface area contributed by atoms with Crippen LogP contribution in [0.25, 0.3) is 0 Å². The fraction of sp³-hybridized carbons (Fsp3) is 0.391. The van der Waals surface area contributed by atoms with Crippen molar-refractivity contribution in [1.82, 2.24) is 0 Å². The molecule has 0 unspecified atom stereocenters. The van der Waals surface area contributed by atoms with E-state index in [0.717, 1.165) is 12.2 Å². The average molecular weight is 403 g/mol. The first-order valence-electron chi connectivity index (χ1n) is 9.79. The molecule has 0 aliphatic carbocycles. The van der Waals surface area contributed by atoms with Gasteiger partial charge in [-0.3, -0.25) is 4.79 Å². The third kappa shape index (κ3) is 7.73. The summed E-state index contributed by atoms with van der Waals surface area (Å²) in [4.78, 5) is 24.1. The first-order valence-corrected chi connectivity index (χ1v) is 10.2. The summed E-state index contributed by atoms with van der Waals surface area (Å²) >= 11 is 5.80. The Balaban J connectivity index is 1.71. The van der Waals surface area contributed by atoms with E-state index >= 15 is 0 Å². The van der Waals surface area contributed by atoms with Crippen LogP contribution in [0.2, 0.25) is 5.02 Å². The molecule has 150 valence electrons. The predicted octanol–water partition coefficient (Wildman–Crippen LogP) is 6.12. The van der Waals surface area contributed by atoms with Crippen LogP contribution in [-0.4, -0.2) is 25.0 Å². The SMILES string of the molecule is CCCCCCCCOc1ccc(C(=O)OCC(=O)c2ccc(Cl)cc2)cc1. The van der Waals surface area contributed by atoms with Crippen molar-refractivity contribution in [2.24, 2.45) is 0 Å². The zero-order valence-corrected chi connectivity index (χ0v) is 17.0. The summed E-state index contributed by atoms with van der Waals surface area (Å²) in [7, 11) is 0. The van der Waals surface area contributed by atoms with Crippen molar-refractivity contribution >= 4 is 23.4 Å². The number of hydrogen-bond donors (Lipinski definition) is 0. The van der Waals surface area contributed by atoms with Crippen molar-refractivity contribution in [3.63, 3.8) is 0 Å². The number of ether oxygens (including phenoxy) is 2. The van der Waals surface area contributed by atoms with Crippen molar-refractivity contribution in [2.45, 2.75) is 45.4 Å². The predicted molar refractivity (Wildman–Crippen MR) is 111 cm³/mol. The van der Waals surface area contributed by atoms with Gasteiger partial charge in [-0.1, -0.05) is 50.6 Å². The lowest BCUT2D eigenvalue weighted by Gasteiger charge is -2.08. The Morgan fingerprint density at radius 1 is 0.821 bits per heavy atom. The number of carbonyl (C=O) groups is 2. The summed E-state index contributed by atoms with van der Waals surface area (Å²) in [6.45, 7) is 2.57. The van der Waals surface area contributed by atoms with Crippen LogP contribution >= 0.6 is 11.6 Å². The second-order valence-corrected chi connectivity index (χ2v) is 7.08. The van der Waals surface area contributed by atoms with Gasteiger partial charge in [0.15, 0.2) is 12.4 Å². The largest absolute Gasteiger partial charge is 0.494 e. The molecule has 2 aromatic carbocycles. The molecule has 4 nitrogen and oxygen atoms in total. The fourth-order valence-electron chi connectivity index (χ4n) is 2.69. The third-order valence-corrected chi connectivity index (χ3v) is 4.61. The second kappa shape index (κ2) is 12.2. The number of Topliss-reactive ketones (excluding diaryl/α,β-unsaturated/α-hetero) is 1. The summed E-state index contributed by atoms with van der Waals surface area (Å²) in [6.07, 6.45) is 7.28. The summed E-state index contributed by atoms with van der Waals surface area (Å²) in [6, 6.07) is 13.2. The van der Waals surface area contributed by atoms with E-state index in [1.807, 2.05) is 0 Å². The van der Waals surface area contributed by atoms with Gasteiger partial charge in [0.05, 0.1) is 12.2 Å². The smallest absolute Gasteiger partial charge is 0.338 e. The topological polar surface area (TPSA) is 52.6 Å². The highest BCUT2D eigenvalue weighted by Gasteiger charge is 2.12. The molecule has 0 radical (unpaired) electrons. The Bertz CT molecular complexity index is 738. The molecule has 2 rings (SSSR count). The Kier molecular flexibility index (Phi) is 9.56. The van der Waals surface area contributed by atoms with Crippen molar-refractivity contribution in [3.8, 4) is 5.75 Å². The van der Waals surface area contributed by atoms with Gasteiger partial charge < -0.3 is 9.47 Å². The van der Waals surface area contributed by atoms with E-state index in [4.69, 9.17) is 21.1 Å². The van der Waals surface area contributed by atoms with E-state index in [1.54, 1.807) is 48.5 Å². The van der Waals surface area contributed by atoms with Crippen LogP contribution in [0, 0.1) is 0 Å². The minimum atomic E-state index is -0.537. The standard InChI is InChI=1S/C23H27ClO4/c1-2-3-4-5-6-7-16-27-21-14-10-19(11-15-21)23(26)28-17-22(25)18-8-12-20(24)13-9-18/h8-15H,2-7,16-17H2,1H3. The maximum Gasteiger partial charge on any atom is 0.338 e. The van der Waals surface area contributed by atoms with Crippen LogP contribution in [0.15, 0.2) is 48.5 Å². The van der Waals surface area contributed by atoms with Crippen LogP contribution < -0.4 is 4.74 Å². The Hall–Kier alpha value is -2.33. The van der Waals surface area contributed by atoms with Crippen LogP contribution in [0.5, 0.6) is 5.75 Å². The van der Waals surface area contributed by atoms with E-state index in [-0.39, 0.29) is 12.4 Å². The van der Waals surface area contributed by atoms with E-state index in [0.29, 0.717) is 22.8 Å². The number of hydrogen-bond acceptors (Lipinski definition) is 4. The normalized spacial score (nSPS) is 10.5. The van der Waals surface area contributed by atoms with Crippen molar-refractivity contribution in [1.29, 1.82) is 0 Å². The number of halogens is 1. The lowest BCUT2D eigenvalue weighted by atomic mass is 10.1. The number of benzene rings is 2. The van der Waals surface area contributed by atoms with Crippen molar-refractivity contribution in [3.05, 3.63) is 64.7 Å². The van der Waals surface area contributed by atoms with E-state index in [1.165, 1.54) is 32.1 Å². The molecule has 0 saturated carbocycles. The first kappa shape index (κ1) is 22.0. The maximum atomic E-state index is 12.1. The number of rotatable bonds is 12. The molecule has 0 amide bonds. The van der Waals surface area contributed by atoms with Gasteiger partial charge in [0.1, 0.15) is 5.75 Å². The molecule has 0 aromatic heterocycles. The van der Waals surface area contributed by atoms with Crippen LogP contribution in [0.3, 0.4) is 0 Å². The van der Waals surface area contributed by atoms with Gasteiger partial charge in [0.25, 0.3) is 0 Å². The highest BCUT2D eigenvalue weighted by molar-refractivity contribution is 6.30. The molecule has 0 aliphatic rings. The van der Waals surface area contributed by atoms with E-state index in [9.17, 15) is 9.59 Å². The minimum Gasteiger partial charge on any atom is -0.494 e. The summed E-state index contributed by atoms with van der Waals surface area (Å²) < 4.78 is 10.8. The molecule has 28 heavy (non-hydrogen) atoms. The van der Waals surface area contributed by atoms with Gasteiger partial charge in [0, 0.05) is 10.6 Å². The molecule has 0 spiro atoms. The Labute approximate surface area is 171 Å². The Morgan fingerprint density at radius 2 is 1.43 bits per heavy atom. The Morgan fingerprint density at radius 3 is 2.11 bits per heavy atom. The molecular formula is C23H27ClO4. The van der Waals surface area contributed by atoms with Crippen LogP contribution in [-0.2, 0) is 4.74 Å². The monoisotopic (exact) mass is 402 g/mol. The molecular weight excluding hydrogens is 376 g/mol. The summed E-state index contributed by atoms with van der Waals surface area (Å²) in [5, 5.41) is 0.548. The summed E-state index contributed by atoms with van der Waals surface area (Å²) in [5.74, 6) is -0.0870. The molecule has 0 bridgehead atoms. The maximum absolute atomic E-state index is 12.1. The van der Waals surface area contributed by atoms with E-state index in [2.05, 4.69) is 6.92 Å². The molecule has 5 heteroatoms. The molecule has 2 aromatic rings. The highest BCUT2D eigenvalue weighted by Crippen LogP contribution is 2.15. The average Bonchev–Trinajstić information content (AvgIpc) is 2.72. The lowest BCUT2D eigenvalue weighted by molar-refractivity contribution is 0.0474. The quantitative estimate of drug-likeness (QED) is 0.244.